The summed E-state index contributed by atoms with van der Waals surface area (Å²) in [4.78, 5) is 60.0. The molecule has 2 aliphatic carbocycles. The zero-order chi connectivity index (χ0) is 38.8. The summed E-state index contributed by atoms with van der Waals surface area (Å²) in [6, 6.07) is 23.7. The van der Waals surface area contributed by atoms with Crippen molar-refractivity contribution in [3.8, 4) is 17.2 Å². The molecule has 2 N–H and O–H groups in total. The summed E-state index contributed by atoms with van der Waals surface area (Å²) < 4.78 is 24.9. The van der Waals surface area contributed by atoms with Gasteiger partial charge in [0.1, 0.15) is 5.82 Å². The summed E-state index contributed by atoms with van der Waals surface area (Å²) in [5.41, 5.74) is 2.34. The van der Waals surface area contributed by atoms with Crippen molar-refractivity contribution in [3.05, 3.63) is 119 Å². The van der Waals surface area contributed by atoms with Crippen molar-refractivity contribution in [3.63, 3.8) is 0 Å². The lowest BCUT2D eigenvalue weighted by molar-refractivity contribution is -0.132. The molecule has 0 unspecified atom stereocenters. The number of halogens is 2. The second-order valence-corrected chi connectivity index (χ2v) is 14.9. The Balaban J connectivity index is 1.18. The molecule has 55 heavy (non-hydrogen) atoms. The van der Waals surface area contributed by atoms with Crippen LogP contribution in [0.5, 0.6) is 17.2 Å². The largest absolute Gasteiger partial charge is 0.502 e. The van der Waals surface area contributed by atoms with Gasteiger partial charge in [-0.1, -0.05) is 53.6 Å². The smallest absolute Gasteiger partial charge is 0.241 e. The van der Waals surface area contributed by atoms with E-state index in [2.05, 4.69) is 5.32 Å². The predicted molar refractivity (Wildman–Crippen MR) is 206 cm³/mol. The third-order valence-corrected chi connectivity index (χ3v) is 12.0. The maximum atomic E-state index is 14.6. The number of rotatable bonds is 8. The Kier molecular flexibility index (Phi) is 9.00. The molecule has 0 spiro atoms. The first kappa shape index (κ1) is 36.1. The van der Waals surface area contributed by atoms with Crippen LogP contribution in [0.3, 0.4) is 0 Å². The first-order valence-electron chi connectivity index (χ1n) is 17.9. The fraction of sp³-hybridized carbons (Fsp3) is 0.256. The predicted octanol–water partition coefficient (Wildman–Crippen LogP) is 7.93. The van der Waals surface area contributed by atoms with Crippen molar-refractivity contribution in [2.45, 2.75) is 19.8 Å². The van der Waals surface area contributed by atoms with Crippen LogP contribution >= 0.6 is 11.6 Å². The minimum atomic E-state index is -1.32. The number of aromatic hydroxyl groups is 1. The molecule has 4 aromatic carbocycles. The number of methoxy groups -OCH3 is 2. The molecule has 8 rings (SSSR count). The normalized spacial score (nSPS) is 25.8. The number of phenolic OH excluding ortho intramolecular Hbond substituents is 1. The van der Waals surface area contributed by atoms with Gasteiger partial charge in [0, 0.05) is 17.3 Å². The topological polar surface area (TPSA) is 125 Å². The second kappa shape index (κ2) is 13.7. The van der Waals surface area contributed by atoms with Gasteiger partial charge in [0.25, 0.3) is 0 Å². The Hall–Kier alpha value is -5.94. The summed E-state index contributed by atoms with van der Waals surface area (Å²) in [6.07, 6.45) is 5.98. The SMILES string of the molecule is COc1cc(C=C[C@H]2C3=CC[C@@H]4C(=O)N(c5ccc(Nc6ccccc6)cc5)C(=O)[C@@H]4[C@@H]3C[C@H]3C(=O)N(c4ccc(F)c(Cl)c4)C(=O)[C@@]23C)cc(OC)c1O. The van der Waals surface area contributed by atoms with Gasteiger partial charge in [-0.2, -0.15) is 0 Å². The highest BCUT2D eigenvalue weighted by Crippen LogP contribution is 2.61. The van der Waals surface area contributed by atoms with E-state index < -0.39 is 52.6 Å². The number of carbonyl (C=O) groups excluding carboxylic acids is 4. The monoisotopic (exact) mass is 761 g/mol. The number of allylic oxidation sites excluding steroid dienone is 3. The minimum Gasteiger partial charge on any atom is -0.502 e. The van der Waals surface area contributed by atoms with Crippen LogP contribution in [0.15, 0.2) is 103 Å². The van der Waals surface area contributed by atoms with Gasteiger partial charge in [0.05, 0.1) is 53.8 Å². The van der Waals surface area contributed by atoms with Crippen molar-refractivity contribution >= 4 is 64.1 Å². The third-order valence-electron chi connectivity index (χ3n) is 11.7. The van der Waals surface area contributed by atoms with Crippen LogP contribution in [-0.2, 0) is 19.2 Å². The Labute approximate surface area is 321 Å². The van der Waals surface area contributed by atoms with E-state index in [4.69, 9.17) is 21.1 Å². The van der Waals surface area contributed by atoms with Crippen LogP contribution in [0.2, 0.25) is 5.02 Å². The second-order valence-electron chi connectivity index (χ2n) is 14.5. The molecule has 1 saturated carbocycles. The highest BCUT2D eigenvalue weighted by molar-refractivity contribution is 6.32. The van der Waals surface area contributed by atoms with E-state index in [9.17, 15) is 28.7 Å². The van der Waals surface area contributed by atoms with Crippen LogP contribution < -0.4 is 24.6 Å². The number of phenols is 1. The Morgan fingerprint density at radius 2 is 1.49 bits per heavy atom. The van der Waals surface area contributed by atoms with Gasteiger partial charge in [-0.3, -0.25) is 24.1 Å². The molecular formula is C43H37ClFN3O7. The van der Waals surface area contributed by atoms with Crippen molar-refractivity contribution < 1.29 is 38.1 Å². The zero-order valence-electron chi connectivity index (χ0n) is 30.2. The molecule has 3 fully saturated rings. The zero-order valence-corrected chi connectivity index (χ0v) is 30.9. The Morgan fingerprint density at radius 3 is 2.15 bits per heavy atom. The van der Waals surface area contributed by atoms with Crippen LogP contribution in [0.4, 0.5) is 27.1 Å². The number of hydrogen-bond acceptors (Lipinski definition) is 8. The number of amides is 4. The van der Waals surface area contributed by atoms with Crippen LogP contribution in [0, 0.1) is 40.8 Å². The molecule has 0 aromatic heterocycles. The van der Waals surface area contributed by atoms with Crippen molar-refractivity contribution in [1.29, 1.82) is 0 Å². The third kappa shape index (κ3) is 5.76. The van der Waals surface area contributed by atoms with E-state index in [1.807, 2.05) is 54.6 Å². The average molecular weight is 762 g/mol. The maximum absolute atomic E-state index is 14.6. The van der Waals surface area contributed by atoms with Gasteiger partial charge >= 0.3 is 0 Å². The van der Waals surface area contributed by atoms with Gasteiger partial charge < -0.3 is 19.9 Å². The van der Waals surface area contributed by atoms with Crippen LogP contribution in [-0.4, -0.2) is 43.0 Å². The number of nitrogens with one attached hydrogen (secondary N) is 1. The number of hydrogen-bond donors (Lipinski definition) is 2. The molecule has 280 valence electrons. The van der Waals surface area contributed by atoms with E-state index >= 15 is 0 Å². The molecule has 2 heterocycles. The fourth-order valence-electron chi connectivity index (χ4n) is 8.94. The van der Waals surface area contributed by atoms with Gasteiger partial charge in [-0.25, -0.2) is 9.29 Å². The molecule has 2 aliphatic heterocycles. The van der Waals surface area contributed by atoms with E-state index in [-0.39, 0.29) is 52.6 Å². The summed E-state index contributed by atoms with van der Waals surface area (Å²) in [6.45, 7) is 1.75. The number of fused-ring (bicyclic) bond motifs is 4. The molecular weight excluding hydrogens is 725 g/mol. The van der Waals surface area contributed by atoms with Gasteiger partial charge in [0.2, 0.25) is 29.4 Å². The number of para-hydroxylation sites is 1. The van der Waals surface area contributed by atoms with E-state index in [1.165, 1.54) is 31.3 Å². The average Bonchev–Trinajstić information content (AvgIpc) is 3.56. The number of ether oxygens (including phenoxy) is 2. The number of imide groups is 2. The van der Waals surface area contributed by atoms with Crippen LogP contribution in [0.1, 0.15) is 25.3 Å². The lowest BCUT2D eigenvalue weighted by Gasteiger charge is -2.47. The first-order chi connectivity index (χ1) is 26.5. The highest BCUT2D eigenvalue weighted by Gasteiger charge is 2.67. The summed E-state index contributed by atoms with van der Waals surface area (Å²) in [5.74, 6) is -5.68. The lowest BCUT2D eigenvalue weighted by atomic mass is 9.52. The molecule has 6 atom stereocenters. The molecule has 12 heteroatoms. The molecule has 2 saturated heterocycles. The maximum Gasteiger partial charge on any atom is 0.241 e. The number of benzene rings is 4. The molecule has 4 aromatic rings. The number of nitrogens with zero attached hydrogens (tertiary/aromatic N) is 2. The van der Waals surface area contributed by atoms with Gasteiger partial charge in [-0.05, 0) is 98.0 Å². The highest BCUT2D eigenvalue weighted by atomic mass is 35.5. The minimum absolute atomic E-state index is 0.145. The van der Waals surface area contributed by atoms with Crippen molar-refractivity contribution in [2.75, 3.05) is 29.3 Å². The Morgan fingerprint density at radius 1 is 0.836 bits per heavy atom. The first-order valence-corrected chi connectivity index (χ1v) is 18.3. The molecule has 0 radical (unpaired) electrons. The molecule has 0 bridgehead atoms. The number of carbonyl (C=O) groups is 4. The van der Waals surface area contributed by atoms with E-state index in [0.29, 0.717) is 11.3 Å². The van der Waals surface area contributed by atoms with Gasteiger partial charge in [0.15, 0.2) is 11.5 Å². The van der Waals surface area contributed by atoms with Crippen LogP contribution in [0.25, 0.3) is 6.08 Å². The molecule has 4 amide bonds. The standard InChI is InChI=1S/C43H37ClFN3O7/c1-43-31(17-9-23-19-35(54-2)38(49)36(20-23)55-3)28-15-16-29-37(30(28)22-32(43)40(51)48(42(43)53)27-14-18-34(45)33(44)21-27)41(52)47(39(29)50)26-12-10-25(11-13-26)46-24-7-5-4-6-8-24/h4-15,17-21,29-32,37,46,49H,16,22H2,1-3H3/t29-,30+,31-,32-,37-,43-/m0/s1. The summed E-state index contributed by atoms with van der Waals surface area (Å²) in [7, 11) is 2.84. The van der Waals surface area contributed by atoms with Crippen molar-refractivity contribution in [1.82, 2.24) is 0 Å². The Bertz CT molecular complexity index is 2290. The lowest BCUT2D eigenvalue weighted by Crippen LogP contribution is -2.49. The summed E-state index contributed by atoms with van der Waals surface area (Å²) >= 11 is 6.12. The molecule has 10 nitrogen and oxygen atoms in total. The fourth-order valence-corrected chi connectivity index (χ4v) is 9.12. The quantitative estimate of drug-likeness (QED) is 0.137. The van der Waals surface area contributed by atoms with Gasteiger partial charge in [-0.15, -0.1) is 0 Å². The van der Waals surface area contributed by atoms with Crippen molar-refractivity contribution in [2.24, 2.45) is 35.0 Å². The van der Waals surface area contributed by atoms with E-state index in [0.717, 1.165) is 27.9 Å². The molecule has 4 aliphatic rings. The van der Waals surface area contributed by atoms with E-state index in [1.54, 1.807) is 37.3 Å². The summed E-state index contributed by atoms with van der Waals surface area (Å²) in [5, 5.41) is 13.6. The number of anilines is 4.